The van der Waals surface area contributed by atoms with Gasteiger partial charge in [-0.1, -0.05) is 34.6 Å². The second-order valence-corrected chi connectivity index (χ2v) is 10.8. The van der Waals surface area contributed by atoms with E-state index < -0.39 is 5.97 Å². The molecule has 3 aromatic heterocycles. The van der Waals surface area contributed by atoms with Crippen molar-refractivity contribution in [2.75, 3.05) is 0 Å². The molecular weight excluding hydrogens is 496 g/mol. The minimum atomic E-state index is -0.774. The van der Waals surface area contributed by atoms with Crippen molar-refractivity contribution in [1.82, 2.24) is 19.9 Å². The molecule has 0 aromatic carbocycles. The van der Waals surface area contributed by atoms with Gasteiger partial charge in [0, 0.05) is 51.7 Å². The third-order valence-corrected chi connectivity index (χ3v) is 8.58. The number of aliphatic carboxylic acids is 1. The van der Waals surface area contributed by atoms with E-state index in [1.54, 1.807) is 0 Å². The van der Waals surface area contributed by atoms with Gasteiger partial charge in [-0.15, -0.1) is 0 Å². The van der Waals surface area contributed by atoms with Crippen LogP contribution in [0.4, 0.5) is 0 Å². The number of nitrogens with one attached hydrogen (secondary N) is 2. The number of aryl methyl sites for hydroxylation is 4. The van der Waals surface area contributed by atoms with Gasteiger partial charge < -0.3 is 15.1 Å². The normalized spacial score (nSPS) is 16.4. The molecule has 2 aliphatic heterocycles. The predicted octanol–water partition coefficient (Wildman–Crippen LogP) is 8.70. The van der Waals surface area contributed by atoms with E-state index >= 15 is 0 Å². The van der Waals surface area contributed by atoms with E-state index in [0.29, 0.717) is 6.42 Å². The Bertz CT molecular complexity index is 1640. The number of H-pyrrole nitrogens is 2. The van der Waals surface area contributed by atoms with Crippen LogP contribution >= 0.6 is 0 Å². The van der Waals surface area contributed by atoms with Crippen LogP contribution in [0.1, 0.15) is 117 Å². The Morgan fingerprint density at radius 3 is 2.00 bits per heavy atom. The molecule has 3 aromatic rings. The first-order valence-electron chi connectivity index (χ1n) is 14.8. The number of hydrogen-bond acceptors (Lipinski definition) is 3. The van der Waals surface area contributed by atoms with Gasteiger partial charge in [-0.2, -0.15) is 0 Å². The van der Waals surface area contributed by atoms with E-state index in [4.69, 9.17) is 9.97 Å². The highest BCUT2D eigenvalue weighted by Crippen LogP contribution is 2.42. The van der Waals surface area contributed by atoms with Gasteiger partial charge in [-0.3, -0.25) is 9.78 Å². The average molecular weight is 541 g/mol. The maximum absolute atomic E-state index is 11.5. The summed E-state index contributed by atoms with van der Waals surface area (Å²) in [5.74, 6) is -0.634. The number of carboxylic acids is 1. The first-order valence-corrected chi connectivity index (χ1v) is 14.8. The number of carbonyl (C=O) groups is 1. The summed E-state index contributed by atoms with van der Waals surface area (Å²) in [6, 6.07) is 6.58. The lowest BCUT2D eigenvalue weighted by Crippen LogP contribution is -2.07. The van der Waals surface area contributed by atoms with Gasteiger partial charge in [-0.25, -0.2) is 4.98 Å². The maximum atomic E-state index is 11.5. The summed E-state index contributed by atoms with van der Waals surface area (Å²) in [6.45, 7) is 19.1. The summed E-state index contributed by atoms with van der Waals surface area (Å²) in [4.78, 5) is 29.1. The van der Waals surface area contributed by atoms with E-state index in [1.807, 2.05) is 13.8 Å². The molecule has 0 spiro atoms. The number of hydrogen-bond donors (Lipinski definition) is 3. The average Bonchev–Trinajstić information content (AvgIpc) is 3.63. The zero-order chi connectivity index (χ0) is 29.3. The van der Waals surface area contributed by atoms with Gasteiger partial charge in [0.05, 0.1) is 11.4 Å². The Morgan fingerprint density at radius 2 is 1.43 bits per heavy atom. The largest absolute Gasteiger partial charge is 0.481 e. The van der Waals surface area contributed by atoms with Crippen molar-refractivity contribution in [3.05, 3.63) is 68.8 Å². The Hall–Kier alpha value is -3.67. The molecule has 5 heterocycles. The lowest BCUT2D eigenvalue weighted by atomic mass is 9.86. The Balaban J connectivity index is 0.00000181. The van der Waals surface area contributed by atoms with Crippen molar-refractivity contribution in [2.24, 2.45) is 0 Å². The summed E-state index contributed by atoms with van der Waals surface area (Å²) in [6.07, 6.45) is 4.66. The van der Waals surface area contributed by atoms with Crippen LogP contribution in [0, 0.1) is 20.8 Å². The molecule has 0 unspecified atom stereocenters. The molecule has 0 saturated heterocycles. The summed E-state index contributed by atoms with van der Waals surface area (Å²) >= 11 is 0. The SMILES string of the molecule is CC.CCc1c(C)c2cc3[nH]c(cc4nc(c(C)c5nc(cc1[nH]2)C(C)=C5)[C@@H](CCC(=O)O)[C@@H]4C)c(C)c3CC. The van der Waals surface area contributed by atoms with Crippen LogP contribution in [0.3, 0.4) is 0 Å². The number of rotatable bonds is 5. The van der Waals surface area contributed by atoms with Crippen LogP contribution in [-0.4, -0.2) is 31.0 Å². The molecule has 6 heteroatoms. The zero-order valence-corrected chi connectivity index (χ0v) is 25.5. The molecule has 6 nitrogen and oxygen atoms in total. The van der Waals surface area contributed by atoms with Gasteiger partial charge in [0.1, 0.15) is 0 Å². The van der Waals surface area contributed by atoms with E-state index in [2.05, 4.69) is 82.7 Å². The third-order valence-electron chi connectivity index (χ3n) is 8.58. The van der Waals surface area contributed by atoms with Crippen LogP contribution in [-0.2, 0) is 17.6 Å². The second kappa shape index (κ2) is 11.8. The fraction of sp³-hybridized carbons (Fsp3) is 0.441. The molecule has 0 amide bonds. The topological polar surface area (TPSA) is 94.7 Å². The summed E-state index contributed by atoms with van der Waals surface area (Å²) in [5, 5.41) is 9.44. The predicted molar refractivity (Wildman–Crippen MR) is 167 cm³/mol. The molecule has 8 bridgehead atoms. The molecular formula is C34H44N4O2. The van der Waals surface area contributed by atoms with Crippen molar-refractivity contribution in [2.45, 2.75) is 99.8 Å². The minimum absolute atomic E-state index is 0.0318. The van der Waals surface area contributed by atoms with Crippen LogP contribution in [0.2, 0.25) is 0 Å². The lowest BCUT2D eigenvalue weighted by molar-refractivity contribution is -0.137. The molecule has 0 fully saturated rings. The summed E-state index contributed by atoms with van der Waals surface area (Å²) in [7, 11) is 0. The lowest BCUT2D eigenvalue weighted by Gasteiger charge is -2.16. The van der Waals surface area contributed by atoms with E-state index in [9.17, 15) is 9.90 Å². The Labute approximate surface area is 238 Å². The standard InChI is InChI=1S/C32H38N4O2.C2H6/c1-8-21-18(5)27-15-30-22(9-2)17(4)26(34-30)14-28-19(6)23(10-11-31(37)38)32(36-28)20(7)25-12-16(3)24(33-25)13-29(21)35-27;1-2/h12-15,19,23,34-35H,8-11H2,1-7H3,(H,37,38);1-2H3/t19-,23-;/m0./s1. The van der Waals surface area contributed by atoms with Gasteiger partial charge in [-0.05, 0) is 105 Å². The van der Waals surface area contributed by atoms with E-state index in [1.165, 1.54) is 22.3 Å². The number of nitrogens with zero attached hydrogens (tertiary/aromatic N) is 2. The second-order valence-electron chi connectivity index (χ2n) is 10.8. The number of allylic oxidation sites excluding steroid dienone is 1. The van der Waals surface area contributed by atoms with Crippen molar-refractivity contribution in [3.8, 4) is 0 Å². The number of fused-ring (bicyclic) bond motifs is 8. The molecule has 3 N–H and O–H groups in total. The van der Waals surface area contributed by atoms with E-state index in [0.717, 1.165) is 68.8 Å². The highest BCUT2D eigenvalue weighted by molar-refractivity contribution is 5.85. The van der Waals surface area contributed by atoms with Gasteiger partial charge in [0.2, 0.25) is 0 Å². The van der Waals surface area contributed by atoms with Crippen molar-refractivity contribution in [1.29, 1.82) is 0 Å². The van der Waals surface area contributed by atoms with Crippen LogP contribution in [0.5, 0.6) is 0 Å². The highest BCUT2D eigenvalue weighted by atomic mass is 16.4. The quantitative estimate of drug-likeness (QED) is 0.302. The van der Waals surface area contributed by atoms with Crippen LogP contribution < -0.4 is 0 Å². The third kappa shape index (κ3) is 5.24. The number of aromatic nitrogens is 4. The summed E-state index contributed by atoms with van der Waals surface area (Å²) < 4.78 is 0. The van der Waals surface area contributed by atoms with Crippen molar-refractivity contribution < 1.29 is 9.90 Å². The molecule has 0 saturated carbocycles. The number of carboxylic acid groups (broad SMARTS) is 1. The Kier molecular flexibility index (Phi) is 8.67. The summed E-state index contributed by atoms with van der Waals surface area (Å²) in [5.41, 5.74) is 15.5. The van der Waals surface area contributed by atoms with Crippen molar-refractivity contribution in [3.63, 3.8) is 0 Å². The molecule has 2 atom stereocenters. The zero-order valence-electron chi connectivity index (χ0n) is 25.5. The van der Waals surface area contributed by atoms with Gasteiger partial charge in [0.15, 0.2) is 0 Å². The fourth-order valence-corrected chi connectivity index (χ4v) is 6.19. The first-order chi connectivity index (χ1) is 19.1. The van der Waals surface area contributed by atoms with Crippen LogP contribution in [0.15, 0.2) is 18.2 Å². The first kappa shape index (κ1) is 29.3. The smallest absolute Gasteiger partial charge is 0.303 e. The van der Waals surface area contributed by atoms with E-state index in [-0.39, 0.29) is 18.3 Å². The highest BCUT2D eigenvalue weighted by Gasteiger charge is 2.31. The van der Waals surface area contributed by atoms with Gasteiger partial charge >= 0.3 is 5.97 Å². The maximum Gasteiger partial charge on any atom is 0.303 e. The molecule has 0 radical (unpaired) electrons. The fourth-order valence-electron chi connectivity index (χ4n) is 6.19. The minimum Gasteiger partial charge on any atom is -0.481 e. The van der Waals surface area contributed by atoms with Crippen molar-refractivity contribution >= 4 is 39.7 Å². The molecule has 2 aliphatic rings. The van der Waals surface area contributed by atoms with Crippen LogP contribution in [0.25, 0.3) is 33.7 Å². The number of aromatic amines is 2. The molecule has 212 valence electrons. The molecule has 0 aliphatic carbocycles. The Morgan fingerprint density at radius 1 is 0.850 bits per heavy atom. The van der Waals surface area contributed by atoms with Gasteiger partial charge in [0.25, 0.3) is 0 Å². The monoisotopic (exact) mass is 540 g/mol. The molecule has 40 heavy (non-hydrogen) atoms. The molecule has 5 rings (SSSR count).